The lowest BCUT2D eigenvalue weighted by atomic mass is 10.1. The second kappa shape index (κ2) is 9.34. The summed E-state index contributed by atoms with van der Waals surface area (Å²) in [7, 11) is 1.91. The van der Waals surface area contributed by atoms with Gasteiger partial charge < -0.3 is 15.0 Å². The summed E-state index contributed by atoms with van der Waals surface area (Å²) in [5.41, 5.74) is 5.49. The molecule has 31 heavy (non-hydrogen) atoms. The van der Waals surface area contributed by atoms with E-state index in [4.69, 9.17) is 9.84 Å². The molecular formula is C23H30N6O2. The lowest BCUT2D eigenvalue weighted by molar-refractivity contribution is -0.118. The van der Waals surface area contributed by atoms with Crippen LogP contribution in [0.2, 0.25) is 0 Å². The maximum absolute atomic E-state index is 11.3. The first-order valence-electron chi connectivity index (χ1n) is 10.9. The van der Waals surface area contributed by atoms with Crippen LogP contribution in [0.15, 0.2) is 36.7 Å². The van der Waals surface area contributed by atoms with Gasteiger partial charge in [-0.1, -0.05) is 26.0 Å². The van der Waals surface area contributed by atoms with E-state index in [0.29, 0.717) is 13.2 Å². The Morgan fingerprint density at radius 1 is 1.19 bits per heavy atom. The molecule has 2 aromatic heterocycles. The fourth-order valence-corrected chi connectivity index (χ4v) is 4.13. The van der Waals surface area contributed by atoms with Gasteiger partial charge in [0.15, 0.2) is 5.82 Å². The molecule has 5 rings (SSSR count). The molecular weight excluding hydrogens is 392 g/mol. The van der Waals surface area contributed by atoms with Crippen molar-refractivity contribution in [2.24, 2.45) is 7.05 Å². The van der Waals surface area contributed by atoms with Crippen molar-refractivity contribution in [2.45, 2.75) is 39.3 Å². The Balaban J connectivity index is 0.00000112. The SMILES string of the molecule is CC.Cn1cc(-c2ccc(Nc3nn([C@H]4CCOC4)c4c3CN(C=O)CC4)cc2)cn1. The highest BCUT2D eigenvalue weighted by Gasteiger charge is 2.29. The van der Waals surface area contributed by atoms with E-state index in [1.54, 1.807) is 9.58 Å². The first kappa shape index (κ1) is 21.1. The van der Waals surface area contributed by atoms with Gasteiger partial charge in [-0.25, -0.2) is 0 Å². The zero-order chi connectivity index (χ0) is 21.8. The average Bonchev–Trinajstić information content (AvgIpc) is 3.56. The lowest BCUT2D eigenvalue weighted by Crippen LogP contribution is -2.30. The number of hydrogen-bond donors (Lipinski definition) is 1. The summed E-state index contributed by atoms with van der Waals surface area (Å²) < 4.78 is 9.49. The number of carbonyl (C=O) groups is 1. The van der Waals surface area contributed by atoms with Crippen LogP contribution in [0.1, 0.15) is 37.6 Å². The van der Waals surface area contributed by atoms with Crippen molar-refractivity contribution < 1.29 is 9.53 Å². The van der Waals surface area contributed by atoms with Gasteiger partial charge >= 0.3 is 0 Å². The van der Waals surface area contributed by atoms with E-state index >= 15 is 0 Å². The van der Waals surface area contributed by atoms with E-state index < -0.39 is 0 Å². The number of nitrogens with zero attached hydrogens (tertiary/aromatic N) is 5. The third-order valence-electron chi connectivity index (χ3n) is 5.70. The molecule has 3 aromatic rings. The van der Waals surface area contributed by atoms with Crippen LogP contribution in [0.5, 0.6) is 0 Å². The molecule has 0 unspecified atom stereocenters. The van der Waals surface area contributed by atoms with Crippen molar-refractivity contribution in [2.75, 3.05) is 25.1 Å². The molecule has 1 atom stereocenters. The van der Waals surface area contributed by atoms with Crippen molar-refractivity contribution in [3.8, 4) is 11.1 Å². The van der Waals surface area contributed by atoms with Gasteiger partial charge in [0.1, 0.15) is 0 Å². The molecule has 0 aliphatic carbocycles. The van der Waals surface area contributed by atoms with Gasteiger partial charge in [0.2, 0.25) is 6.41 Å². The predicted molar refractivity (Wildman–Crippen MR) is 120 cm³/mol. The van der Waals surface area contributed by atoms with Crippen LogP contribution in [0.25, 0.3) is 11.1 Å². The van der Waals surface area contributed by atoms with Gasteiger partial charge in [-0.3, -0.25) is 14.2 Å². The number of amides is 1. The van der Waals surface area contributed by atoms with Crippen molar-refractivity contribution in [3.63, 3.8) is 0 Å². The van der Waals surface area contributed by atoms with Crippen molar-refractivity contribution in [1.29, 1.82) is 0 Å². The maximum atomic E-state index is 11.3. The van der Waals surface area contributed by atoms with E-state index in [1.165, 1.54) is 5.69 Å². The zero-order valence-corrected chi connectivity index (χ0v) is 18.4. The second-order valence-corrected chi connectivity index (χ2v) is 7.67. The minimum Gasteiger partial charge on any atom is -0.379 e. The number of aryl methyl sites for hydroxylation is 1. The second-order valence-electron chi connectivity index (χ2n) is 7.67. The van der Waals surface area contributed by atoms with Crippen molar-refractivity contribution in [1.82, 2.24) is 24.5 Å². The monoisotopic (exact) mass is 422 g/mol. The van der Waals surface area contributed by atoms with Gasteiger partial charge in [-0.2, -0.15) is 10.2 Å². The van der Waals surface area contributed by atoms with Gasteiger partial charge in [-0.05, 0) is 24.1 Å². The Morgan fingerprint density at radius 2 is 2.00 bits per heavy atom. The first-order chi connectivity index (χ1) is 15.2. The molecule has 8 nitrogen and oxygen atoms in total. The molecule has 1 fully saturated rings. The number of carbonyl (C=O) groups excluding carboxylic acids is 1. The number of benzene rings is 1. The van der Waals surface area contributed by atoms with Gasteiger partial charge in [0, 0.05) is 55.3 Å². The summed E-state index contributed by atoms with van der Waals surface area (Å²) in [4.78, 5) is 13.1. The highest BCUT2D eigenvalue weighted by atomic mass is 16.5. The van der Waals surface area contributed by atoms with E-state index in [9.17, 15) is 4.79 Å². The number of anilines is 2. The average molecular weight is 423 g/mol. The van der Waals surface area contributed by atoms with Crippen LogP contribution in [0.3, 0.4) is 0 Å². The van der Waals surface area contributed by atoms with Crippen LogP contribution in [-0.4, -0.2) is 50.6 Å². The number of fused-ring (bicyclic) bond motifs is 1. The molecule has 1 N–H and O–H groups in total. The fraction of sp³-hybridized carbons (Fsp3) is 0.435. The van der Waals surface area contributed by atoms with Crippen LogP contribution >= 0.6 is 0 Å². The molecule has 1 saturated heterocycles. The third kappa shape index (κ3) is 4.34. The van der Waals surface area contributed by atoms with Gasteiger partial charge in [0.25, 0.3) is 0 Å². The largest absolute Gasteiger partial charge is 0.379 e. The van der Waals surface area contributed by atoms with Crippen LogP contribution in [0, 0.1) is 0 Å². The summed E-state index contributed by atoms with van der Waals surface area (Å²) in [6.07, 6.45) is 6.58. The number of aromatic nitrogens is 4. The normalized spacial score (nSPS) is 17.6. The Kier molecular flexibility index (Phi) is 6.36. The summed E-state index contributed by atoms with van der Waals surface area (Å²) in [6.45, 7) is 6.79. The Labute approximate surface area is 182 Å². The quantitative estimate of drug-likeness (QED) is 0.637. The summed E-state index contributed by atoms with van der Waals surface area (Å²) in [5, 5.41) is 12.6. The molecule has 0 saturated carbocycles. The molecule has 0 radical (unpaired) electrons. The molecule has 8 heteroatoms. The fourth-order valence-electron chi connectivity index (χ4n) is 4.13. The van der Waals surface area contributed by atoms with Crippen LogP contribution in [-0.2, 0) is 29.5 Å². The number of ether oxygens (including phenoxy) is 1. The Bertz CT molecular complexity index is 1020. The summed E-state index contributed by atoms with van der Waals surface area (Å²) >= 11 is 0. The van der Waals surface area contributed by atoms with Crippen LogP contribution in [0.4, 0.5) is 11.5 Å². The predicted octanol–water partition coefficient (Wildman–Crippen LogP) is 3.53. The van der Waals surface area contributed by atoms with Crippen molar-refractivity contribution >= 4 is 17.9 Å². The number of hydrogen-bond acceptors (Lipinski definition) is 5. The molecule has 164 valence electrons. The first-order valence-corrected chi connectivity index (χ1v) is 10.9. The number of rotatable bonds is 5. The van der Waals surface area contributed by atoms with Crippen LogP contribution < -0.4 is 5.32 Å². The topological polar surface area (TPSA) is 77.2 Å². The molecule has 1 amide bonds. The molecule has 2 aliphatic heterocycles. The lowest BCUT2D eigenvalue weighted by Gasteiger charge is -2.25. The number of nitrogens with one attached hydrogen (secondary N) is 1. The van der Waals surface area contributed by atoms with E-state index in [2.05, 4.69) is 27.2 Å². The molecule has 2 aliphatic rings. The molecule has 4 heterocycles. The standard InChI is InChI=1S/C21H24N6O2.C2H6/c1-25-11-16(10-22-25)15-2-4-17(5-3-15)23-21-19-12-26(14-28)8-6-20(19)27(24-21)18-7-9-29-13-18;1-2/h2-5,10-11,14,18H,6-9,12-13H2,1H3,(H,23,24);1-2H3/t18-;/m0./s1. The highest BCUT2D eigenvalue weighted by molar-refractivity contribution is 5.68. The Hall–Kier alpha value is -3.13. The maximum Gasteiger partial charge on any atom is 0.210 e. The van der Waals surface area contributed by atoms with E-state index in [-0.39, 0.29) is 6.04 Å². The minimum absolute atomic E-state index is 0.273. The van der Waals surface area contributed by atoms with E-state index in [0.717, 1.165) is 60.6 Å². The van der Waals surface area contributed by atoms with Crippen molar-refractivity contribution in [3.05, 3.63) is 47.9 Å². The third-order valence-corrected chi connectivity index (χ3v) is 5.70. The summed E-state index contributed by atoms with van der Waals surface area (Å²) in [6, 6.07) is 8.52. The molecule has 0 spiro atoms. The van der Waals surface area contributed by atoms with Gasteiger partial charge in [-0.15, -0.1) is 0 Å². The molecule has 0 bridgehead atoms. The Morgan fingerprint density at radius 3 is 2.65 bits per heavy atom. The highest BCUT2D eigenvalue weighted by Crippen LogP contribution is 2.32. The molecule has 1 aromatic carbocycles. The summed E-state index contributed by atoms with van der Waals surface area (Å²) in [5.74, 6) is 0.826. The van der Waals surface area contributed by atoms with Gasteiger partial charge in [0.05, 0.1) is 25.4 Å². The smallest absolute Gasteiger partial charge is 0.210 e. The zero-order valence-electron chi connectivity index (χ0n) is 18.4. The minimum atomic E-state index is 0.273. The van der Waals surface area contributed by atoms with E-state index in [1.807, 2.05) is 45.4 Å².